The van der Waals surface area contributed by atoms with Gasteiger partial charge in [-0.25, -0.2) is 9.97 Å². The van der Waals surface area contributed by atoms with Gasteiger partial charge in [-0.05, 0) is 25.8 Å². The second-order valence-electron chi connectivity index (χ2n) is 5.97. The molecule has 0 saturated heterocycles. The summed E-state index contributed by atoms with van der Waals surface area (Å²) in [4.78, 5) is 20.7. The molecule has 7 nitrogen and oxygen atoms in total. The molecule has 0 bridgehead atoms. The number of hydrogen-bond acceptors (Lipinski definition) is 5. The fourth-order valence-electron chi connectivity index (χ4n) is 3.00. The van der Waals surface area contributed by atoms with Gasteiger partial charge in [-0.2, -0.15) is 5.10 Å². The van der Waals surface area contributed by atoms with Crippen LogP contribution in [0, 0.1) is 6.92 Å². The fraction of sp³-hybridized carbons (Fsp3) is 0.500. The van der Waals surface area contributed by atoms with Crippen LogP contribution in [0.25, 0.3) is 0 Å². The highest BCUT2D eigenvalue weighted by atomic mass is 16.2. The van der Waals surface area contributed by atoms with Crippen molar-refractivity contribution < 1.29 is 4.79 Å². The topological polar surface area (TPSA) is 95.6 Å². The maximum atomic E-state index is 12.3. The lowest BCUT2D eigenvalue weighted by atomic mass is 9.87. The van der Waals surface area contributed by atoms with Gasteiger partial charge in [0.2, 0.25) is 5.95 Å². The molecule has 1 aliphatic carbocycles. The Balaban J connectivity index is 1.70. The molecule has 2 aromatic rings. The Morgan fingerprint density at radius 3 is 2.74 bits per heavy atom. The summed E-state index contributed by atoms with van der Waals surface area (Å²) in [6, 6.07) is 3.59. The fourth-order valence-corrected chi connectivity index (χ4v) is 3.00. The molecule has 0 aromatic carbocycles. The molecule has 1 fully saturated rings. The summed E-state index contributed by atoms with van der Waals surface area (Å²) in [6.45, 7) is 1.83. The number of anilines is 2. The molecule has 23 heavy (non-hydrogen) atoms. The smallest absolute Gasteiger partial charge is 0.275 e. The van der Waals surface area contributed by atoms with E-state index in [1.165, 1.54) is 32.1 Å². The first kappa shape index (κ1) is 15.5. The summed E-state index contributed by atoms with van der Waals surface area (Å²) in [7, 11) is 1.72. The van der Waals surface area contributed by atoms with Gasteiger partial charge in [0.05, 0.1) is 0 Å². The van der Waals surface area contributed by atoms with Gasteiger partial charge in [-0.1, -0.05) is 19.3 Å². The molecule has 3 N–H and O–H groups in total. The van der Waals surface area contributed by atoms with Gasteiger partial charge in [0.25, 0.3) is 5.91 Å². The molecule has 1 aliphatic rings. The van der Waals surface area contributed by atoms with Crippen molar-refractivity contribution in [1.29, 1.82) is 0 Å². The highest BCUT2D eigenvalue weighted by molar-refractivity contribution is 6.02. The van der Waals surface area contributed by atoms with Crippen LogP contribution in [0.4, 0.5) is 11.8 Å². The number of aryl methyl sites for hydroxylation is 1. The molecule has 2 heterocycles. The van der Waals surface area contributed by atoms with Gasteiger partial charge < -0.3 is 10.6 Å². The third-order valence-electron chi connectivity index (χ3n) is 4.19. The lowest BCUT2D eigenvalue weighted by molar-refractivity contribution is 0.102. The number of nitrogens with zero attached hydrogens (tertiary/aromatic N) is 3. The molecule has 0 unspecified atom stereocenters. The molecular formula is C16H22N6O. The highest BCUT2D eigenvalue weighted by Gasteiger charge is 2.19. The number of carbonyl (C=O) groups excluding carboxylic acids is 1. The SMILES string of the molecule is CNc1nc(C)cc(C(=O)Nc2cc(C3CCCCC3)[nH]n2)n1. The molecule has 7 heteroatoms. The van der Waals surface area contributed by atoms with Gasteiger partial charge in [0.1, 0.15) is 5.69 Å². The number of amides is 1. The van der Waals surface area contributed by atoms with Crippen LogP contribution in [0.5, 0.6) is 0 Å². The largest absolute Gasteiger partial charge is 0.357 e. The maximum absolute atomic E-state index is 12.3. The minimum atomic E-state index is -0.284. The number of hydrogen-bond donors (Lipinski definition) is 3. The average molecular weight is 314 g/mol. The van der Waals surface area contributed by atoms with Crippen molar-refractivity contribution in [2.75, 3.05) is 17.7 Å². The average Bonchev–Trinajstić information content (AvgIpc) is 3.03. The van der Waals surface area contributed by atoms with Crippen molar-refractivity contribution in [2.24, 2.45) is 0 Å². The second kappa shape index (κ2) is 6.76. The molecule has 0 radical (unpaired) electrons. The van der Waals surface area contributed by atoms with Crippen molar-refractivity contribution in [3.8, 4) is 0 Å². The number of aromatic nitrogens is 4. The van der Waals surface area contributed by atoms with E-state index < -0.39 is 0 Å². The number of carbonyl (C=O) groups is 1. The minimum Gasteiger partial charge on any atom is -0.357 e. The summed E-state index contributed by atoms with van der Waals surface area (Å²) >= 11 is 0. The first-order valence-corrected chi connectivity index (χ1v) is 8.06. The lowest BCUT2D eigenvalue weighted by Crippen LogP contribution is -2.15. The van der Waals surface area contributed by atoms with E-state index in [1.54, 1.807) is 13.1 Å². The first-order chi connectivity index (χ1) is 11.2. The molecule has 0 spiro atoms. The van der Waals surface area contributed by atoms with E-state index in [2.05, 4.69) is 30.8 Å². The maximum Gasteiger partial charge on any atom is 0.275 e. The third-order valence-corrected chi connectivity index (χ3v) is 4.19. The van der Waals surface area contributed by atoms with Crippen molar-refractivity contribution in [3.05, 3.63) is 29.2 Å². The van der Waals surface area contributed by atoms with E-state index >= 15 is 0 Å². The Morgan fingerprint density at radius 2 is 2.00 bits per heavy atom. The van der Waals surface area contributed by atoms with E-state index in [1.807, 2.05) is 13.0 Å². The number of H-pyrrole nitrogens is 1. The molecule has 0 atom stereocenters. The monoisotopic (exact) mass is 314 g/mol. The van der Waals surface area contributed by atoms with Crippen LogP contribution >= 0.6 is 0 Å². The molecule has 3 rings (SSSR count). The quantitative estimate of drug-likeness (QED) is 0.806. The zero-order chi connectivity index (χ0) is 16.2. The van der Waals surface area contributed by atoms with Gasteiger partial charge in [0.15, 0.2) is 5.82 Å². The summed E-state index contributed by atoms with van der Waals surface area (Å²) in [6.07, 6.45) is 6.21. The van der Waals surface area contributed by atoms with Crippen LogP contribution in [-0.2, 0) is 0 Å². The Kier molecular flexibility index (Phi) is 4.55. The minimum absolute atomic E-state index is 0.284. The zero-order valence-electron chi connectivity index (χ0n) is 13.5. The van der Waals surface area contributed by atoms with E-state index in [0.717, 1.165) is 11.4 Å². The molecule has 2 aromatic heterocycles. The van der Waals surface area contributed by atoms with E-state index in [9.17, 15) is 4.79 Å². The van der Waals surface area contributed by atoms with Crippen LogP contribution in [0.1, 0.15) is 59.9 Å². The van der Waals surface area contributed by atoms with Gasteiger partial charge in [-0.15, -0.1) is 0 Å². The van der Waals surface area contributed by atoms with Gasteiger partial charge in [0, 0.05) is 30.4 Å². The molecular weight excluding hydrogens is 292 g/mol. The summed E-state index contributed by atoms with van der Waals surface area (Å²) in [5.41, 5.74) is 2.17. The van der Waals surface area contributed by atoms with Gasteiger partial charge in [-0.3, -0.25) is 9.89 Å². The molecule has 1 saturated carbocycles. The van der Waals surface area contributed by atoms with E-state index in [-0.39, 0.29) is 5.91 Å². The van der Waals surface area contributed by atoms with E-state index in [0.29, 0.717) is 23.4 Å². The van der Waals surface area contributed by atoms with E-state index in [4.69, 9.17) is 0 Å². The first-order valence-electron chi connectivity index (χ1n) is 8.06. The summed E-state index contributed by atoms with van der Waals surface area (Å²) in [5, 5.41) is 12.9. The summed E-state index contributed by atoms with van der Waals surface area (Å²) in [5.74, 6) is 1.21. The molecule has 122 valence electrons. The highest BCUT2D eigenvalue weighted by Crippen LogP contribution is 2.32. The normalized spacial score (nSPS) is 15.4. The second-order valence-corrected chi connectivity index (χ2v) is 5.97. The zero-order valence-corrected chi connectivity index (χ0v) is 13.5. The number of aromatic amines is 1. The molecule has 0 aliphatic heterocycles. The van der Waals surface area contributed by atoms with Crippen LogP contribution in [0.2, 0.25) is 0 Å². The van der Waals surface area contributed by atoms with Crippen LogP contribution in [-0.4, -0.2) is 33.1 Å². The van der Waals surface area contributed by atoms with Crippen LogP contribution in [0.3, 0.4) is 0 Å². The summed E-state index contributed by atoms with van der Waals surface area (Å²) < 4.78 is 0. The molecule has 1 amide bonds. The third kappa shape index (κ3) is 3.67. The Morgan fingerprint density at radius 1 is 1.22 bits per heavy atom. The predicted molar refractivity (Wildman–Crippen MR) is 88.7 cm³/mol. The van der Waals surface area contributed by atoms with Gasteiger partial charge >= 0.3 is 0 Å². The van der Waals surface area contributed by atoms with Crippen molar-refractivity contribution in [1.82, 2.24) is 20.2 Å². The van der Waals surface area contributed by atoms with Crippen molar-refractivity contribution >= 4 is 17.7 Å². The number of nitrogens with one attached hydrogen (secondary N) is 3. The van der Waals surface area contributed by atoms with Crippen molar-refractivity contribution in [2.45, 2.75) is 44.9 Å². The lowest BCUT2D eigenvalue weighted by Gasteiger charge is -2.19. The predicted octanol–water partition coefficient (Wildman–Crippen LogP) is 2.85. The standard InChI is InChI=1S/C16H22N6O/c1-10-8-13(19-16(17-2)18-10)15(23)20-14-9-12(21-22-14)11-6-4-3-5-7-11/h8-9,11H,3-7H2,1-2H3,(H,17,18,19)(H2,20,21,22,23). The Bertz CT molecular complexity index is 690. The Labute approximate surface area is 135 Å². The van der Waals surface area contributed by atoms with Crippen LogP contribution in [0.15, 0.2) is 12.1 Å². The Hall–Kier alpha value is -2.44. The van der Waals surface area contributed by atoms with Crippen molar-refractivity contribution in [3.63, 3.8) is 0 Å². The number of rotatable bonds is 4. The van der Waals surface area contributed by atoms with Crippen LogP contribution < -0.4 is 10.6 Å².